The van der Waals surface area contributed by atoms with E-state index in [9.17, 15) is 5.11 Å². The van der Waals surface area contributed by atoms with Crippen LogP contribution in [-0.4, -0.2) is 18.8 Å². The molecule has 0 saturated heterocycles. The van der Waals surface area contributed by atoms with Gasteiger partial charge in [0.25, 0.3) is 0 Å². The van der Waals surface area contributed by atoms with Crippen LogP contribution in [0.5, 0.6) is 11.5 Å². The number of phenolic OH excluding ortho intramolecular Hbond substituents is 1. The highest BCUT2D eigenvalue weighted by Gasteiger charge is 2.08. The molecule has 0 aliphatic rings. The van der Waals surface area contributed by atoms with Gasteiger partial charge < -0.3 is 15.6 Å². The summed E-state index contributed by atoms with van der Waals surface area (Å²) in [6.45, 7) is 0.525. The third kappa shape index (κ3) is 2.47. The SMILES string of the molecule is COc1cc(I)cc(CCN)c1O. The van der Waals surface area contributed by atoms with E-state index in [4.69, 9.17) is 10.5 Å². The molecule has 0 radical (unpaired) electrons. The average Bonchev–Trinajstić information content (AvgIpc) is 2.11. The molecule has 1 aromatic carbocycles. The van der Waals surface area contributed by atoms with E-state index < -0.39 is 0 Å². The second-order valence-corrected chi connectivity index (χ2v) is 3.90. The molecule has 0 bridgehead atoms. The number of hydrogen-bond acceptors (Lipinski definition) is 3. The van der Waals surface area contributed by atoms with Crippen molar-refractivity contribution in [3.8, 4) is 11.5 Å². The molecule has 72 valence electrons. The minimum absolute atomic E-state index is 0.202. The summed E-state index contributed by atoms with van der Waals surface area (Å²) in [5.74, 6) is 0.712. The molecule has 0 aliphatic carbocycles. The highest BCUT2D eigenvalue weighted by Crippen LogP contribution is 2.32. The van der Waals surface area contributed by atoms with Crippen molar-refractivity contribution >= 4 is 22.6 Å². The molecule has 3 N–H and O–H groups in total. The van der Waals surface area contributed by atoms with E-state index in [2.05, 4.69) is 22.6 Å². The predicted octanol–water partition coefficient (Wildman–Crippen LogP) is 1.51. The second-order valence-electron chi connectivity index (χ2n) is 2.65. The van der Waals surface area contributed by atoms with Gasteiger partial charge in [0.2, 0.25) is 0 Å². The van der Waals surface area contributed by atoms with Crippen molar-refractivity contribution in [3.05, 3.63) is 21.3 Å². The molecule has 0 amide bonds. The zero-order valence-corrected chi connectivity index (χ0v) is 9.54. The number of aromatic hydroxyl groups is 1. The topological polar surface area (TPSA) is 55.5 Å². The lowest BCUT2D eigenvalue weighted by Crippen LogP contribution is -2.03. The molecule has 0 saturated carbocycles. The maximum atomic E-state index is 9.66. The van der Waals surface area contributed by atoms with Gasteiger partial charge in [-0.2, -0.15) is 0 Å². The molecule has 1 aromatic rings. The number of rotatable bonds is 3. The van der Waals surface area contributed by atoms with Crippen molar-refractivity contribution in [1.82, 2.24) is 0 Å². The molecule has 0 fully saturated rings. The standard InChI is InChI=1S/C9H12INO2/c1-13-8-5-7(10)4-6(2-3-11)9(8)12/h4-5,12H,2-3,11H2,1H3. The van der Waals surface area contributed by atoms with E-state index in [0.29, 0.717) is 18.7 Å². The number of nitrogens with two attached hydrogens (primary N) is 1. The van der Waals surface area contributed by atoms with Gasteiger partial charge in [-0.1, -0.05) is 0 Å². The Labute approximate surface area is 91.0 Å². The highest BCUT2D eigenvalue weighted by atomic mass is 127. The largest absolute Gasteiger partial charge is 0.504 e. The van der Waals surface area contributed by atoms with Gasteiger partial charge in [0.15, 0.2) is 11.5 Å². The molecular formula is C9H12INO2. The number of halogens is 1. The highest BCUT2D eigenvalue weighted by molar-refractivity contribution is 14.1. The lowest BCUT2D eigenvalue weighted by Gasteiger charge is -2.08. The van der Waals surface area contributed by atoms with Gasteiger partial charge in [0.05, 0.1) is 7.11 Å². The maximum Gasteiger partial charge on any atom is 0.161 e. The average molecular weight is 293 g/mol. The van der Waals surface area contributed by atoms with Crippen LogP contribution in [-0.2, 0) is 6.42 Å². The van der Waals surface area contributed by atoms with Crippen LogP contribution in [0.4, 0.5) is 0 Å². The zero-order valence-electron chi connectivity index (χ0n) is 7.38. The van der Waals surface area contributed by atoms with Crippen LogP contribution in [0, 0.1) is 3.57 Å². The smallest absolute Gasteiger partial charge is 0.161 e. The minimum atomic E-state index is 0.202. The Morgan fingerprint density at radius 2 is 2.23 bits per heavy atom. The Kier molecular flexibility index (Phi) is 3.80. The van der Waals surface area contributed by atoms with Crippen LogP contribution in [0.25, 0.3) is 0 Å². The summed E-state index contributed by atoms with van der Waals surface area (Å²) in [6.07, 6.45) is 0.666. The van der Waals surface area contributed by atoms with E-state index in [-0.39, 0.29) is 5.75 Å². The van der Waals surface area contributed by atoms with E-state index in [1.54, 1.807) is 6.07 Å². The summed E-state index contributed by atoms with van der Waals surface area (Å²) in [6, 6.07) is 3.70. The molecule has 13 heavy (non-hydrogen) atoms. The monoisotopic (exact) mass is 293 g/mol. The number of benzene rings is 1. The first-order valence-corrected chi connectivity index (χ1v) is 5.02. The van der Waals surface area contributed by atoms with E-state index in [1.807, 2.05) is 6.07 Å². The van der Waals surface area contributed by atoms with Crippen molar-refractivity contribution in [2.75, 3.05) is 13.7 Å². The summed E-state index contributed by atoms with van der Waals surface area (Å²) < 4.78 is 6.05. The number of hydrogen-bond donors (Lipinski definition) is 2. The van der Waals surface area contributed by atoms with Gasteiger partial charge in [0, 0.05) is 9.13 Å². The Hall–Kier alpha value is -0.490. The van der Waals surface area contributed by atoms with Gasteiger partial charge in [0.1, 0.15) is 0 Å². The van der Waals surface area contributed by atoms with E-state index in [0.717, 1.165) is 9.13 Å². The number of ether oxygens (including phenoxy) is 1. The van der Waals surface area contributed by atoms with Gasteiger partial charge >= 0.3 is 0 Å². The summed E-state index contributed by atoms with van der Waals surface area (Å²) in [5, 5.41) is 9.66. The van der Waals surface area contributed by atoms with Gasteiger partial charge in [-0.3, -0.25) is 0 Å². The fourth-order valence-corrected chi connectivity index (χ4v) is 1.79. The van der Waals surface area contributed by atoms with Crippen molar-refractivity contribution in [2.45, 2.75) is 6.42 Å². The summed E-state index contributed by atoms with van der Waals surface area (Å²) in [4.78, 5) is 0. The van der Waals surface area contributed by atoms with Crippen molar-refractivity contribution in [3.63, 3.8) is 0 Å². The van der Waals surface area contributed by atoms with Gasteiger partial charge in [-0.25, -0.2) is 0 Å². The van der Waals surface area contributed by atoms with E-state index >= 15 is 0 Å². The Morgan fingerprint density at radius 3 is 2.77 bits per heavy atom. The van der Waals surface area contributed by atoms with E-state index in [1.165, 1.54) is 7.11 Å². The van der Waals surface area contributed by atoms with Crippen LogP contribution in [0.2, 0.25) is 0 Å². The van der Waals surface area contributed by atoms with Crippen LogP contribution in [0.3, 0.4) is 0 Å². The van der Waals surface area contributed by atoms with Crippen LogP contribution < -0.4 is 10.5 Å². The van der Waals surface area contributed by atoms with Gasteiger partial charge in [-0.05, 0) is 47.7 Å². The molecule has 0 unspecified atom stereocenters. The lowest BCUT2D eigenvalue weighted by atomic mass is 10.1. The molecule has 0 heterocycles. The minimum Gasteiger partial charge on any atom is -0.504 e. The predicted molar refractivity (Wildman–Crippen MR) is 60.1 cm³/mol. The molecule has 0 aliphatic heterocycles. The van der Waals surface area contributed by atoms with Crippen LogP contribution in [0.1, 0.15) is 5.56 Å². The number of methoxy groups -OCH3 is 1. The Morgan fingerprint density at radius 1 is 1.54 bits per heavy atom. The molecule has 4 heteroatoms. The third-order valence-corrected chi connectivity index (χ3v) is 2.38. The number of phenols is 1. The molecule has 0 aromatic heterocycles. The first-order chi connectivity index (χ1) is 6.19. The maximum absolute atomic E-state index is 9.66. The molecule has 3 nitrogen and oxygen atoms in total. The van der Waals surface area contributed by atoms with Crippen molar-refractivity contribution < 1.29 is 9.84 Å². The Bertz CT molecular complexity index is 302. The van der Waals surface area contributed by atoms with Crippen LogP contribution >= 0.6 is 22.6 Å². The summed E-state index contributed by atoms with van der Waals surface area (Å²) >= 11 is 2.18. The third-order valence-electron chi connectivity index (χ3n) is 1.75. The summed E-state index contributed by atoms with van der Waals surface area (Å²) in [7, 11) is 1.54. The normalized spacial score (nSPS) is 10.1. The molecule has 0 atom stereocenters. The van der Waals surface area contributed by atoms with Crippen molar-refractivity contribution in [2.24, 2.45) is 5.73 Å². The quantitative estimate of drug-likeness (QED) is 0.831. The molecule has 1 rings (SSSR count). The van der Waals surface area contributed by atoms with Crippen LogP contribution in [0.15, 0.2) is 12.1 Å². The van der Waals surface area contributed by atoms with Gasteiger partial charge in [-0.15, -0.1) is 0 Å². The fourth-order valence-electron chi connectivity index (χ4n) is 1.13. The summed E-state index contributed by atoms with van der Waals surface area (Å²) in [5.41, 5.74) is 6.26. The zero-order chi connectivity index (χ0) is 9.84. The Balaban J connectivity index is 3.11. The molecule has 0 spiro atoms. The second kappa shape index (κ2) is 4.66. The first kappa shape index (κ1) is 10.6. The first-order valence-electron chi connectivity index (χ1n) is 3.94. The fraction of sp³-hybridized carbons (Fsp3) is 0.333. The molecular weight excluding hydrogens is 281 g/mol. The lowest BCUT2D eigenvalue weighted by molar-refractivity contribution is 0.370. The van der Waals surface area contributed by atoms with Crippen molar-refractivity contribution in [1.29, 1.82) is 0 Å².